The van der Waals surface area contributed by atoms with Crippen LogP contribution in [0.2, 0.25) is 0 Å². The molecule has 1 atom stereocenters. The Labute approximate surface area is 127 Å². The molecule has 2 aromatic rings. The van der Waals surface area contributed by atoms with Gasteiger partial charge in [0.15, 0.2) is 0 Å². The number of nitrogens with one attached hydrogen (secondary N) is 1. The summed E-state index contributed by atoms with van der Waals surface area (Å²) in [6, 6.07) is 15.5. The van der Waals surface area contributed by atoms with Gasteiger partial charge in [0.1, 0.15) is 5.82 Å². The first kappa shape index (κ1) is 14.5. The van der Waals surface area contributed by atoms with E-state index in [-0.39, 0.29) is 11.7 Å². The molecule has 2 rings (SSSR count). The van der Waals surface area contributed by atoms with Gasteiger partial charge in [0, 0.05) is 16.0 Å². The Morgan fingerprint density at radius 3 is 2.42 bits per heavy atom. The van der Waals surface area contributed by atoms with Gasteiger partial charge in [-0.25, -0.2) is 4.39 Å². The SMILES string of the molecule is CNCC(Cc1ccc(I)cc1)c1ccccc1F. The second-order valence-corrected chi connectivity index (χ2v) is 5.85. The summed E-state index contributed by atoms with van der Waals surface area (Å²) in [5, 5.41) is 3.16. The predicted octanol–water partition coefficient (Wildman–Crippen LogP) is 3.98. The first-order chi connectivity index (χ1) is 9.20. The van der Waals surface area contributed by atoms with Crippen LogP contribution in [0.1, 0.15) is 17.0 Å². The molecule has 0 aliphatic carbocycles. The van der Waals surface area contributed by atoms with Gasteiger partial charge in [-0.1, -0.05) is 30.3 Å². The van der Waals surface area contributed by atoms with Crippen molar-refractivity contribution >= 4 is 22.6 Å². The van der Waals surface area contributed by atoms with Gasteiger partial charge in [0.05, 0.1) is 0 Å². The van der Waals surface area contributed by atoms with Crippen molar-refractivity contribution in [3.63, 3.8) is 0 Å². The van der Waals surface area contributed by atoms with Crippen molar-refractivity contribution in [1.29, 1.82) is 0 Å². The minimum atomic E-state index is -0.117. The van der Waals surface area contributed by atoms with Crippen LogP contribution in [0.4, 0.5) is 4.39 Å². The molecule has 0 aromatic heterocycles. The molecule has 0 radical (unpaired) electrons. The summed E-state index contributed by atoms with van der Waals surface area (Å²) in [6.07, 6.45) is 0.846. The molecule has 19 heavy (non-hydrogen) atoms. The summed E-state index contributed by atoms with van der Waals surface area (Å²) in [7, 11) is 1.90. The molecule has 3 heteroatoms. The minimum absolute atomic E-state index is 0.117. The third-order valence-corrected chi connectivity index (χ3v) is 3.91. The Kier molecular flexibility index (Phi) is 5.34. The Morgan fingerprint density at radius 2 is 1.79 bits per heavy atom. The van der Waals surface area contributed by atoms with Gasteiger partial charge in [0.25, 0.3) is 0 Å². The fraction of sp³-hybridized carbons (Fsp3) is 0.250. The number of benzene rings is 2. The summed E-state index contributed by atoms with van der Waals surface area (Å²) in [5.41, 5.74) is 2.03. The monoisotopic (exact) mass is 369 g/mol. The molecule has 0 amide bonds. The van der Waals surface area contributed by atoms with Gasteiger partial charge in [-0.05, 0) is 65.4 Å². The molecule has 0 heterocycles. The largest absolute Gasteiger partial charge is 0.319 e. The van der Waals surface area contributed by atoms with E-state index >= 15 is 0 Å². The minimum Gasteiger partial charge on any atom is -0.319 e. The van der Waals surface area contributed by atoms with Crippen LogP contribution in [-0.4, -0.2) is 13.6 Å². The molecular formula is C16H17FIN. The Balaban J connectivity index is 2.21. The summed E-state index contributed by atoms with van der Waals surface area (Å²) in [5.74, 6) is 0.0412. The quantitative estimate of drug-likeness (QED) is 0.787. The van der Waals surface area contributed by atoms with Gasteiger partial charge < -0.3 is 5.32 Å². The fourth-order valence-corrected chi connectivity index (χ4v) is 2.61. The molecule has 0 aliphatic rings. The number of hydrogen-bond acceptors (Lipinski definition) is 1. The van der Waals surface area contributed by atoms with Gasteiger partial charge in [-0.15, -0.1) is 0 Å². The number of hydrogen-bond donors (Lipinski definition) is 1. The van der Waals surface area contributed by atoms with Crippen molar-refractivity contribution in [2.75, 3.05) is 13.6 Å². The van der Waals surface area contributed by atoms with E-state index < -0.39 is 0 Å². The molecular weight excluding hydrogens is 352 g/mol. The van der Waals surface area contributed by atoms with E-state index in [9.17, 15) is 4.39 Å². The molecule has 100 valence electrons. The van der Waals surface area contributed by atoms with Crippen LogP contribution in [-0.2, 0) is 6.42 Å². The fourth-order valence-electron chi connectivity index (χ4n) is 2.25. The van der Waals surface area contributed by atoms with Gasteiger partial charge in [-0.2, -0.15) is 0 Å². The molecule has 2 aromatic carbocycles. The molecule has 0 saturated heterocycles. The zero-order valence-electron chi connectivity index (χ0n) is 10.9. The maximum atomic E-state index is 13.9. The lowest BCUT2D eigenvalue weighted by atomic mass is 9.91. The maximum Gasteiger partial charge on any atom is 0.126 e. The highest BCUT2D eigenvalue weighted by atomic mass is 127. The summed E-state index contributed by atoms with van der Waals surface area (Å²) < 4.78 is 15.1. The van der Waals surface area contributed by atoms with E-state index in [0.717, 1.165) is 18.5 Å². The number of rotatable bonds is 5. The van der Waals surface area contributed by atoms with Crippen molar-refractivity contribution in [2.45, 2.75) is 12.3 Å². The average molecular weight is 369 g/mol. The van der Waals surface area contributed by atoms with E-state index in [4.69, 9.17) is 0 Å². The van der Waals surface area contributed by atoms with Crippen LogP contribution in [0.25, 0.3) is 0 Å². The Bertz CT molecular complexity index is 525. The lowest BCUT2D eigenvalue weighted by molar-refractivity contribution is 0.556. The predicted molar refractivity (Wildman–Crippen MR) is 85.9 cm³/mol. The lowest BCUT2D eigenvalue weighted by Gasteiger charge is -2.18. The molecule has 0 saturated carbocycles. The van der Waals surface area contributed by atoms with Crippen molar-refractivity contribution in [2.24, 2.45) is 0 Å². The topological polar surface area (TPSA) is 12.0 Å². The van der Waals surface area contributed by atoms with Crippen LogP contribution in [0.3, 0.4) is 0 Å². The van der Waals surface area contributed by atoms with Crippen molar-refractivity contribution < 1.29 is 4.39 Å². The highest BCUT2D eigenvalue weighted by Gasteiger charge is 2.15. The zero-order chi connectivity index (χ0) is 13.7. The highest BCUT2D eigenvalue weighted by molar-refractivity contribution is 14.1. The number of likely N-dealkylation sites (N-methyl/N-ethyl adjacent to an activating group) is 1. The molecule has 0 bridgehead atoms. The standard InChI is InChI=1S/C16H17FIN/c1-19-11-13(15-4-2-3-5-16(15)17)10-12-6-8-14(18)9-7-12/h2-9,13,19H,10-11H2,1H3. The molecule has 0 spiro atoms. The van der Waals surface area contributed by atoms with Crippen molar-refractivity contribution in [3.05, 3.63) is 69.0 Å². The van der Waals surface area contributed by atoms with Crippen molar-refractivity contribution in [1.82, 2.24) is 5.32 Å². The first-order valence-electron chi connectivity index (χ1n) is 6.34. The zero-order valence-corrected chi connectivity index (χ0v) is 13.0. The second kappa shape index (κ2) is 7.01. The van der Waals surface area contributed by atoms with E-state index in [2.05, 4.69) is 52.2 Å². The van der Waals surface area contributed by atoms with Gasteiger partial charge in [-0.3, -0.25) is 0 Å². The molecule has 0 fully saturated rings. The molecule has 1 unspecified atom stereocenters. The third kappa shape index (κ3) is 4.01. The van der Waals surface area contributed by atoms with Crippen LogP contribution < -0.4 is 5.32 Å². The van der Waals surface area contributed by atoms with Crippen LogP contribution in [0.15, 0.2) is 48.5 Å². The molecule has 0 aliphatic heterocycles. The van der Waals surface area contributed by atoms with Crippen LogP contribution >= 0.6 is 22.6 Å². The van der Waals surface area contributed by atoms with Gasteiger partial charge >= 0.3 is 0 Å². The number of halogens is 2. The highest BCUT2D eigenvalue weighted by Crippen LogP contribution is 2.23. The van der Waals surface area contributed by atoms with Crippen molar-refractivity contribution in [3.8, 4) is 0 Å². The Hall–Kier alpha value is -0.940. The third-order valence-electron chi connectivity index (χ3n) is 3.19. The van der Waals surface area contributed by atoms with E-state index in [1.165, 1.54) is 15.2 Å². The van der Waals surface area contributed by atoms with E-state index in [1.807, 2.05) is 19.2 Å². The average Bonchev–Trinajstić information content (AvgIpc) is 2.41. The van der Waals surface area contributed by atoms with Gasteiger partial charge in [0.2, 0.25) is 0 Å². The molecule has 1 N–H and O–H groups in total. The second-order valence-electron chi connectivity index (χ2n) is 4.61. The summed E-state index contributed by atoms with van der Waals surface area (Å²) in [4.78, 5) is 0. The summed E-state index contributed by atoms with van der Waals surface area (Å²) >= 11 is 2.29. The smallest absolute Gasteiger partial charge is 0.126 e. The maximum absolute atomic E-state index is 13.9. The van der Waals surface area contributed by atoms with Crippen LogP contribution in [0.5, 0.6) is 0 Å². The summed E-state index contributed by atoms with van der Waals surface area (Å²) in [6.45, 7) is 0.771. The normalized spacial score (nSPS) is 12.4. The first-order valence-corrected chi connectivity index (χ1v) is 7.42. The Morgan fingerprint density at radius 1 is 1.11 bits per heavy atom. The van der Waals surface area contributed by atoms with Crippen LogP contribution in [0, 0.1) is 9.39 Å². The lowest BCUT2D eigenvalue weighted by Crippen LogP contribution is -2.20. The van der Waals surface area contributed by atoms with E-state index in [1.54, 1.807) is 6.07 Å². The van der Waals surface area contributed by atoms with E-state index in [0.29, 0.717) is 0 Å². The molecule has 1 nitrogen and oxygen atoms in total.